The van der Waals surface area contributed by atoms with Crippen LogP contribution in [-0.4, -0.2) is 20.7 Å². The molecule has 0 aliphatic heterocycles. The molecule has 106 valence electrons. The van der Waals surface area contributed by atoms with Gasteiger partial charge in [-0.1, -0.05) is 38.1 Å². The Hall–Kier alpha value is -2.17. The van der Waals surface area contributed by atoms with Crippen LogP contribution < -0.4 is 5.32 Å². The quantitative estimate of drug-likeness (QED) is 0.875. The summed E-state index contributed by atoms with van der Waals surface area (Å²) in [6.07, 6.45) is 4.06. The highest BCUT2D eigenvalue weighted by atomic mass is 16.1. The van der Waals surface area contributed by atoms with Gasteiger partial charge in [-0.15, -0.1) is 0 Å². The van der Waals surface area contributed by atoms with Gasteiger partial charge in [0.2, 0.25) is 5.91 Å². The highest BCUT2D eigenvalue weighted by Crippen LogP contribution is 2.10. The lowest BCUT2D eigenvalue weighted by Crippen LogP contribution is -2.28. The second-order valence-corrected chi connectivity index (χ2v) is 4.89. The first-order chi connectivity index (χ1) is 9.70. The Bertz CT molecular complexity index is 551. The van der Waals surface area contributed by atoms with Gasteiger partial charge in [-0.25, -0.2) is 9.67 Å². The van der Waals surface area contributed by atoms with E-state index in [1.54, 1.807) is 11.0 Å². The monoisotopic (exact) mass is 272 g/mol. The van der Waals surface area contributed by atoms with Gasteiger partial charge >= 0.3 is 0 Å². The number of rotatable bonds is 6. The van der Waals surface area contributed by atoms with Crippen molar-refractivity contribution >= 4 is 5.91 Å². The van der Waals surface area contributed by atoms with Gasteiger partial charge in [0.1, 0.15) is 12.7 Å². The van der Waals surface area contributed by atoms with Crippen LogP contribution in [0.1, 0.15) is 31.4 Å². The standard InChI is InChI=1S/C15H20N4O/c1-3-12(2)15(20)17-8-13-6-4-5-7-14(13)9-19-11-16-10-18-19/h4-7,10-12H,3,8-9H2,1-2H3,(H,17,20)/t12-/m1/s1. The molecule has 0 aliphatic rings. The Kier molecular flexibility index (Phi) is 4.87. The first-order valence-electron chi connectivity index (χ1n) is 6.87. The van der Waals surface area contributed by atoms with Gasteiger partial charge in [0.15, 0.2) is 0 Å². The van der Waals surface area contributed by atoms with Crippen molar-refractivity contribution in [3.05, 3.63) is 48.0 Å². The second-order valence-electron chi connectivity index (χ2n) is 4.89. The van der Waals surface area contributed by atoms with Crippen molar-refractivity contribution in [2.75, 3.05) is 0 Å². The lowest BCUT2D eigenvalue weighted by molar-refractivity contribution is -0.124. The van der Waals surface area contributed by atoms with Crippen molar-refractivity contribution in [2.24, 2.45) is 5.92 Å². The molecule has 1 atom stereocenters. The van der Waals surface area contributed by atoms with E-state index < -0.39 is 0 Å². The van der Waals surface area contributed by atoms with Crippen LogP contribution in [0.25, 0.3) is 0 Å². The highest BCUT2D eigenvalue weighted by Gasteiger charge is 2.10. The predicted octanol–water partition coefficient (Wildman–Crippen LogP) is 1.99. The summed E-state index contributed by atoms with van der Waals surface area (Å²) in [7, 11) is 0. The number of amides is 1. The summed E-state index contributed by atoms with van der Waals surface area (Å²) in [5.41, 5.74) is 2.25. The van der Waals surface area contributed by atoms with Gasteiger partial charge < -0.3 is 5.32 Å². The van der Waals surface area contributed by atoms with E-state index in [1.165, 1.54) is 6.33 Å². The third-order valence-electron chi connectivity index (χ3n) is 3.43. The maximum absolute atomic E-state index is 11.8. The zero-order valence-corrected chi connectivity index (χ0v) is 11.9. The van der Waals surface area contributed by atoms with Crippen molar-refractivity contribution in [2.45, 2.75) is 33.4 Å². The summed E-state index contributed by atoms with van der Waals surface area (Å²) >= 11 is 0. The molecule has 5 heteroatoms. The van der Waals surface area contributed by atoms with Crippen molar-refractivity contribution in [3.63, 3.8) is 0 Å². The summed E-state index contributed by atoms with van der Waals surface area (Å²) in [4.78, 5) is 15.8. The molecule has 5 nitrogen and oxygen atoms in total. The minimum absolute atomic E-state index is 0.0532. The van der Waals surface area contributed by atoms with E-state index in [9.17, 15) is 4.79 Å². The largest absolute Gasteiger partial charge is 0.352 e. The van der Waals surface area contributed by atoms with E-state index in [-0.39, 0.29) is 11.8 Å². The number of hydrogen-bond donors (Lipinski definition) is 1. The third kappa shape index (κ3) is 3.66. The maximum Gasteiger partial charge on any atom is 0.223 e. The molecular weight excluding hydrogens is 252 g/mol. The molecule has 0 aliphatic carbocycles. The van der Waals surface area contributed by atoms with Crippen molar-refractivity contribution in [3.8, 4) is 0 Å². The predicted molar refractivity (Wildman–Crippen MR) is 76.9 cm³/mol. The number of nitrogens with zero attached hydrogens (tertiary/aromatic N) is 3. The molecule has 0 radical (unpaired) electrons. The molecular formula is C15H20N4O. The molecule has 2 rings (SSSR count). The lowest BCUT2D eigenvalue weighted by atomic mass is 10.1. The number of hydrogen-bond acceptors (Lipinski definition) is 3. The molecule has 20 heavy (non-hydrogen) atoms. The number of benzene rings is 1. The molecule has 1 aromatic carbocycles. The Balaban J connectivity index is 2.03. The van der Waals surface area contributed by atoms with Crippen LogP contribution in [0.15, 0.2) is 36.9 Å². The van der Waals surface area contributed by atoms with Gasteiger partial charge in [-0.2, -0.15) is 5.10 Å². The number of aromatic nitrogens is 3. The zero-order valence-electron chi connectivity index (χ0n) is 11.9. The number of carbonyl (C=O) groups is 1. The van der Waals surface area contributed by atoms with Gasteiger partial charge in [0.05, 0.1) is 6.54 Å². The third-order valence-corrected chi connectivity index (χ3v) is 3.43. The van der Waals surface area contributed by atoms with Crippen LogP contribution >= 0.6 is 0 Å². The zero-order chi connectivity index (χ0) is 14.4. The molecule has 0 saturated heterocycles. The normalized spacial score (nSPS) is 12.1. The summed E-state index contributed by atoms with van der Waals surface area (Å²) in [6, 6.07) is 8.05. The van der Waals surface area contributed by atoms with E-state index in [0.717, 1.165) is 17.5 Å². The first-order valence-corrected chi connectivity index (χ1v) is 6.87. The Labute approximate surface area is 119 Å². The minimum Gasteiger partial charge on any atom is -0.352 e. The van der Waals surface area contributed by atoms with Gasteiger partial charge in [0, 0.05) is 12.5 Å². The SMILES string of the molecule is CC[C@@H](C)C(=O)NCc1ccccc1Cn1cncn1. The summed E-state index contributed by atoms with van der Waals surface area (Å²) in [5.74, 6) is 0.153. The molecule has 1 heterocycles. The molecule has 1 N–H and O–H groups in total. The molecule has 1 amide bonds. The van der Waals surface area contributed by atoms with Crippen LogP contribution in [-0.2, 0) is 17.9 Å². The van der Waals surface area contributed by atoms with Crippen molar-refractivity contribution in [1.29, 1.82) is 0 Å². The molecule has 1 aromatic heterocycles. The number of carbonyl (C=O) groups excluding carboxylic acids is 1. The van der Waals surface area contributed by atoms with Gasteiger partial charge in [-0.05, 0) is 17.5 Å². The minimum atomic E-state index is 0.0532. The van der Waals surface area contributed by atoms with E-state index in [2.05, 4.69) is 15.4 Å². The molecule has 0 unspecified atom stereocenters. The average Bonchev–Trinajstić information content (AvgIpc) is 2.98. The fourth-order valence-electron chi connectivity index (χ4n) is 1.92. The van der Waals surface area contributed by atoms with E-state index in [0.29, 0.717) is 13.1 Å². The van der Waals surface area contributed by atoms with Crippen molar-refractivity contribution < 1.29 is 4.79 Å². The average molecular weight is 272 g/mol. The summed E-state index contributed by atoms with van der Waals surface area (Å²) in [5, 5.41) is 7.09. The van der Waals surface area contributed by atoms with Crippen LogP contribution in [0.2, 0.25) is 0 Å². The first kappa shape index (κ1) is 14.2. The van der Waals surface area contributed by atoms with Crippen LogP contribution in [0.3, 0.4) is 0 Å². The van der Waals surface area contributed by atoms with Crippen LogP contribution in [0, 0.1) is 5.92 Å². The van der Waals surface area contributed by atoms with E-state index in [4.69, 9.17) is 0 Å². The lowest BCUT2D eigenvalue weighted by Gasteiger charge is -2.13. The Morgan fingerprint density at radius 1 is 1.35 bits per heavy atom. The van der Waals surface area contributed by atoms with Crippen LogP contribution in [0.4, 0.5) is 0 Å². The maximum atomic E-state index is 11.8. The van der Waals surface area contributed by atoms with E-state index in [1.807, 2.05) is 38.1 Å². The summed E-state index contributed by atoms with van der Waals surface area (Å²) < 4.78 is 1.77. The highest BCUT2D eigenvalue weighted by molar-refractivity contribution is 5.78. The molecule has 0 saturated carbocycles. The van der Waals surface area contributed by atoms with Gasteiger partial charge in [0.25, 0.3) is 0 Å². The smallest absolute Gasteiger partial charge is 0.223 e. The fourth-order valence-corrected chi connectivity index (χ4v) is 1.92. The van der Waals surface area contributed by atoms with Gasteiger partial charge in [-0.3, -0.25) is 4.79 Å². The van der Waals surface area contributed by atoms with Crippen molar-refractivity contribution in [1.82, 2.24) is 20.1 Å². The Morgan fingerprint density at radius 3 is 2.75 bits per heavy atom. The summed E-state index contributed by atoms with van der Waals surface area (Å²) in [6.45, 7) is 5.17. The molecule has 0 bridgehead atoms. The molecule has 0 fully saturated rings. The molecule has 2 aromatic rings. The number of nitrogens with one attached hydrogen (secondary N) is 1. The molecule has 0 spiro atoms. The van der Waals surface area contributed by atoms with Crippen LogP contribution in [0.5, 0.6) is 0 Å². The topological polar surface area (TPSA) is 59.8 Å². The second kappa shape index (κ2) is 6.84. The Morgan fingerprint density at radius 2 is 2.10 bits per heavy atom. The fraction of sp³-hybridized carbons (Fsp3) is 0.400. The van der Waals surface area contributed by atoms with E-state index >= 15 is 0 Å².